The van der Waals surface area contributed by atoms with Crippen molar-refractivity contribution >= 4 is 45.0 Å². The topological polar surface area (TPSA) is 34.0 Å². The second-order valence-corrected chi connectivity index (χ2v) is 6.43. The van der Waals surface area contributed by atoms with E-state index in [9.17, 15) is 4.79 Å². The van der Waals surface area contributed by atoms with Crippen molar-refractivity contribution in [3.63, 3.8) is 0 Å². The monoisotopic (exact) mass is 388 g/mol. The molecule has 6 heteroatoms. The third-order valence-corrected chi connectivity index (χ3v) is 4.40. The Morgan fingerprint density at radius 2 is 2.05 bits per heavy atom. The third-order valence-electron chi connectivity index (χ3n) is 3.23. The van der Waals surface area contributed by atoms with Gasteiger partial charge in [0.25, 0.3) is 5.91 Å². The van der Waals surface area contributed by atoms with Crippen LogP contribution >= 0.6 is 39.1 Å². The molecule has 0 radical (unpaired) electrons. The molecule has 1 amide bonds. The summed E-state index contributed by atoms with van der Waals surface area (Å²) in [6, 6.07) is 7.00. The smallest absolute Gasteiger partial charge is 0.268 e. The van der Waals surface area contributed by atoms with Gasteiger partial charge in [-0.1, -0.05) is 29.3 Å². The van der Waals surface area contributed by atoms with Crippen LogP contribution in [-0.4, -0.2) is 10.5 Å². The number of aryl methyl sites for hydroxylation is 1. The first kappa shape index (κ1) is 16.4. The summed E-state index contributed by atoms with van der Waals surface area (Å²) in [5.74, 6) is -0.124. The average molecular weight is 390 g/mol. The van der Waals surface area contributed by atoms with E-state index in [2.05, 4.69) is 21.2 Å². The van der Waals surface area contributed by atoms with E-state index in [0.717, 1.165) is 16.6 Å². The van der Waals surface area contributed by atoms with Crippen LogP contribution in [0.25, 0.3) is 0 Å². The molecule has 0 aliphatic heterocycles. The van der Waals surface area contributed by atoms with Gasteiger partial charge in [-0.3, -0.25) is 4.79 Å². The molecule has 1 heterocycles. The summed E-state index contributed by atoms with van der Waals surface area (Å²) < 4.78 is 2.78. The minimum atomic E-state index is -0.161. The van der Waals surface area contributed by atoms with Gasteiger partial charge in [0.1, 0.15) is 5.69 Å². The zero-order valence-corrected chi connectivity index (χ0v) is 14.8. The molecule has 0 saturated carbocycles. The zero-order valence-electron chi connectivity index (χ0n) is 11.7. The molecule has 0 fully saturated rings. The number of nitrogens with one attached hydrogen (secondary N) is 1. The molecule has 0 aliphatic carbocycles. The first-order chi connectivity index (χ1) is 9.92. The van der Waals surface area contributed by atoms with Crippen molar-refractivity contribution in [2.24, 2.45) is 0 Å². The van der Waals surface area contributed by atoms with Gasteiger partial charge in [0.05, 0.1) is 16.1 Å². The quantitative estimate of drug-likeness (QED) is 0.778. The van der Waals surface area contributed by atoms with Gasteiger partial charge >= 0.3 is 0 Å². The maximum atomic E-state index is 12.4. The lowest BCUT2D eigenvalue weighted by atomic mass is 10.1. The van der Waals surface area contributed by atoms with E-state index in [0.29, 0.717) is 15.7 Å². The fraction of sp³-hybridized carbons (Fsp3) is 0.267. The maximum Gasteiger partial charge on any atom is 0.268 e. The van der Waals surface area contributed by atoms with Crippen molar-refractivity contribution in [1.82, 2.24) is 9.88 Å². The Morgan fingerprint density at radius 1 is 1.33 bits per heavy atom. The first-order valence-electron chi connectivity index (χ1n) is 6.53. The molecule has 2 aromatic rings. The molecule has 0 aliphatic rings. The van der Waals surface area contributed by atoms with E-state index in [1.165, 1.54) is 0 Å². The molecule has 0 spiro atoms. The second-order valence-electron chi connectivity index (χ2n) is 4.70. The van der Waals surface area contributed by atoms with Gasteiger partial charge in [0.15, 0.2) is 0 Å². The highest BCUT2D eigenvalue weighted by molar-refractivity contribution is 9.10. The van der Waals surface area contributed by atoms with Crippen molar-refractivity contribution in [2.45, 2.75) is 26.4 Å². The molecular weight excluding hydrogens is 375 g/mol. The van der Waals surface area contributed by atoms with Crippen LogP contribution in [0.4, 0.5) is 0 Å². The minimum Gasteiger partial charge on any atom is -0.344 e. The average Bonchev–Trinajstić information content (AvgIpc) is 2.83. The molecule has 1 aromatic heterocycles. The lowest BCUT2D eigenvalue weighted by Gasteiger charge is -2.15. The van der Waals surface area contributed by atoms with Gasteiger partial charge in [-0.15, -0.1) is 0 Å². The predicted molar refractivity (Wildman–Crippen MR) is 90.1 cm³/mol. The van der Waals surface area contributed by atoms with Gasteiger partial charge < -0.3 is 9.88 Å². The van der Waals surface area contributed by atoms with Crippen LogP contribution in [0, 0.1) is 0 Å². The predicted octanol–water partition coefficient (Wildman–Crippen LogP) is 5.07. The number of aromatic nitrogens is 1. The summed E-state index contributed by atoms with van der Waals surface area (Å²) in [5, 5.41) is 3.95. The van der Waals surface area contributed by atoms with E-state index in [4.69, 9.17) is 23.2 Å². The molecule has 3 nitrogen and oxygen atoms in total. The van der Waals surface area contributed by atoms with Crippen LogP contribution < -0.4 is 5.32 Å². The summed E-state index contributed by atoms with van der Waals surface area (Å²) in [4.78, 5) is 12.4. The van der Waals surface area contributed by atoms with E-state index in [1.807, 2.05) is 30.7 Å². The van der Waals surface area contributed by atoms with Crippen molar-refractivity contribution < 1.29 is 4.79 Å². The van der Waals surface area contributed by atoms with Crippen molar-refractivity contribution in [3.05, 3.63) is 56.2 Å². The Bertz CT molecular complexity index is 670. The number of hydrogen-bond donors (Lipinski definition) is 1. The standard InChI is InChI=1S/C15H15BrCl2N2O/c1-3-20-8-11(16)7-14(20)15(21)19-9(2)10-4-5-12(17)13(18)6-10/h4-9H,3H2,1-2H3,(H,19,21). The second kappa shape index (κ2) is 6.86. The van der Waals surface area contributed by atoms with Crippen LogP contribution in [0.5, 0.6) is 0 Å². The number of carbonyl (C=O) groups excluding carboxylic acids is 1. The van der Waals surface area contributed by atoms with Crippen LogP contribution in [0.1, 0.15) is 35.9 Å². The molecule has 21 heavy (non-hydrogen) atoms. The number of rotatable bonds is 4. The Kier molecular flexibility index (Phi) is 5.36. The number of hydrogen-bond acceptors (Lipinski definition) is 1. The highest BCUT2D eigenvalue weighted by Gasteiger charge is 2.16. The summed E-state index contributed by atoms with van der Waals surface area (Å²) >= 11 is 15.3. The van der Waals surface area contributed by atoms with Crippen LogP contribution in [0.3, 0.4) is 0 Å². The molecule has 1 N–H and O–H groups in total. The summed E-state index contributed by atoms with van der Waals surface area (Å²) in [5.41, 5.74) is 1.53. The van der Waals surface area contributed by atoms with E-state index in [1.54, 1.807) is 18.2 Å². The van der Waals surface area contributed by atoms with Crippen LogP contribution in [-0.2, 0) is 6.54 Å². The third kappa shape index (κ3) is 3.82. The van der Waals surface area contributed by atoms with Gasteiger partial charge in [-0.25, -0.2) is 0 Å². The van der Waals surface area contributed by atoms with Gasteiger partial charge in [0.2, 0.25) is 0 Å². The minimum absolute atomic E-state index is 0.124. The molecule has 1 aromatic carbocycles. The highest BCUT2D eigenvalue weighted by atomic mass is 79.9. The Balaban J connectivity index is 2.16. The largest absolute Gasteiger partial charge is 0.344 e. The lowest BCUT2D eigenvalue weighted by Crippen LogP contribution is -2.28. The fourth-order valence-electron chi connectivity index (χ4n) is 2.06. The molecule has 0 saturated heterocycles. The fourth-order valence-corrected chi connectivity index (χ4v) is 2.83. The Hall–Kier alpha value is -0.970. The summed E-state index contributed by atoms with van der Waals surface area (Å²) in [6.07, 6.45) is 1.89. The van der Waals surface area contributed by atoms with Crippen LogP contribution in [0.2, 0.25) is 10.0 Å². The summed E-state index contributed by atoms with van der Waals surface area (Å²) in [6.45, 7) is 4.63. The normalized spacial score (nSPS) is 12.2. The number of amides is 1. The number of benzene rings is 1. The van der Waals surface area contributed by atoms with Crippen molar-refractivity contribution in [2.75, 3.05) is 0 Å². The van der Waals surface area contributed by atoms with Gasteiger partial charge in [-0.05, 0) is 53.5 Å². The molecule has 2 rings (SSSR count). The van der Waals surface area contributed by atoms with Crippen molar-refractivity contribution in [3.8, 4) is 0 Å². The molecule has 112 valence electrons. The van der Waals surface area contributed by atoms with Gasteiger partial charge in [-0.2, -0.15) is 0 Å². The van der Waals surface area contributed by atoms with E-state index < -0.39 is 0 Å². The maximum absolute atomic E-state index is 12.4. The molecular formula is C15H15BrCl2N2O. The van der Waals surface area contributed by atoms with Gasteiger partial charge in [0, 0.05) is 17.2 Å². The Labute approximate surface area is 142 Å². The lowest BCUT2D eigenvalue weighted by molar-refractivity contribution is 0.0930. The number of carbonyl (C=O) groups is 1. The SMILES string of the molecule is CCn1cc(Br)cc1C(=O)NC(C)c1ccc(Cl)c(Cl)c1. The van der Waals surface area contributed by atoms with E-state index >= 15 is 0 Å². The number of nitrogens with zero attached hydrogens (tertiary/aromatic N) is 1. The highest BCUT2D eigenvalue weighted by Crippen LogP contribution is 2.26. The van der Waals surface area contributed by atoms with E-state index in [-0.39, 0.29) is 11.9 Å². The summed E-state index contributed by atoms with van der Waals surface area (Å²) in [7, 11) is 0. The Morgan fingerprint density at radius 3 is 2.67 bits per heavy atom. The zero-order chi connectivity index (χ0) is 15.6. The molecule has 1 unspecified atom stereocenters. The number of halogens is 3. The van der Waals surface area contributed by atoms with Crippen LogP contribution in [0.15, 0.2) is 34.9 Å². The molecule has 0 bridgehead atoms. The first-order valence-corrected chi connectivity index (χ1v) is 8.08. The molecule has 1 atom stereocenters. The van der Waals surface area contributed by atoms with Crippen molar-refractivity contribution in [1.29, 1.82) is 0 Å².